The van der Waals surface area contributed by atoms with E-state index in [2.05, 4.69) is 54.1 Å². The van der Waals surface area contributed by atoms with Crippen LogP contribution in [0.4, 0.5) is 0 Å². The summed E-state index contributed by atoms with van der Waals surface area (Å²) >= 11 is 1.80. The molecule has 0 aliphatic carbocycles. The van der Waals surface area contributed by atoms with Crippen LogP contribution in [-0.2, 0) is 12.8 Å². The van der Waals surface area contributed by atoms with E-state index in [9.17, 15) is 0 Å². The summed E-state index contributed by atoms with van der Waals surface area (Å²) in [6.07, 6.45) is 3.16. The first kappa shape index (κ1) is 13.3. The van der Waals surface area contributed by atoms with Gasteiger partial charge in [0.1, 0.15) is 0 Å². The molecule has 0 radical (unpaired) electrons. The van der Waals surface area contributed by atoms with Gasteiger partial charge in [-0.2, -0.15) is 0 Å². The first-order valence-electron chi connectivity index (χ1n) is 6.32. The van der Waals surface area contributed by atoms with Gasteiger partial charge < -0.3 is 0 Å². The van der Waals surface area contributed by atoms with Crippen LogP contribution in [0.5, 0.6) is 0 Å². The van der Waals surface area contributed by atoms with Crippen LogP contribution < -0.4 is 11.3 Å². The fraction of sp³-hybridized carbons (Fsp3) is 0.333. The summed E-state index contributed by atoms with van der Waals surface area (Å²) in [4.78, 5) is 1.39. The zero-order valence-electron chi connectivity index (χ0n) is 10.7. The van der Waals surface area contributed by atoms with Gasteiger partial charge in [0.15, 0.2) is 0 Å². The van der Waals surface area contributed by atoms with E-state index in [1.54, 1.807) is 11.3 Å². The highest BCUT2D eigenvalue weighted by Crippen LogP contribution is 2.15. The van der Waals surface area contributed by atoms with Crippen molar-refractivity contribution in [1.29, 1.82) is 0 Å². The van der Waals surface area contributed by atoms with Crippen LogP contribution >= 0.6 is 11.3 Å². The molecule has 2 nitrogen and oxygen atoms in total. The predicted molar refractivity (Wildman–Crippen MR) is 78.6 cm³/mol. The maximum absolute atomic E-state index is 5.65. The number of thiophene rings is 1. The Hall–Kier alpha value is -1.16. The molecule has 0 bridgehead atoms. The number of hydrazine groups is 1. The molecule has 1 heterocycles. The molecule has 1 unspecified atom stereocenters. The normalized spacial score (nSPS) is 12.6. The number of benzene rings is 1. The Bertz CT molecular complexity index is 465. The van der Waals surface area contributed by atoms with Gasteiger partial charge in [0.2, 0.25) is 0 Å². The number of rotatable bonds is 6. The van der Waals surface area contributed by atoms with Crippen LogP contribution in [0.3, 0.4) is 0 Å². The molecule has 0 saturated carbocycles. The van der Waals surface area contributed by atoms with Crippen LogP contribution in [0.2, 0.25) is 0 Å². The summed E-state index contributed by atoms with van der Waals surface area (Å²) < 4.78 is 0. The molecule has 3 heteroatoms. The lowest BCUT2D eigenvalue weighted by Crippen LogP contribution is -2.37. The number of nitrogens with one attached hydrogen (secondary N) is 1. The third-order valence-electron chi connectivity index (χ3n) is 3.29. The van der Waals surface area contributed by atoms with E-state index >= 15 is 0 Å². The number of nitrogens with two attached hydrogens (primary N) is 1. The lowest BCUT2D eigenvalue weighted by molar-refractivity contribution is 0.494. The van der Waals surface area contributed by atoms with Gasteiger partial charge in [-0.1, -0.05) is 30.3 Å². The fourth-order valence-corrected chi connectivity index (χ4v) is 2.92. The summed E-state index contributed by atoms with van der Waals surface area (Å²) in [5, 5.41) is 2.12. The van der Waals surface area contributed by atoms with Gasteiger partial charge in [-0.15, -0.1) is 11.3 Å². The quantitative estimate of drug-likeness (QED) is 0.619. The second kappa shape index (κ2) is 6.69. The zero-order valence-corrected chi connectivity index (χ0v) is 11.5. The van der Waals surface area contributed by atoms with Crippen molar-refractivity contribution in [2.45, 2.75) is 32.2 Å². The minimum Gasteiger partial charge on any atom is -0.271 e. The van der Waals surface area contributed by atoms with Crippen molar-refractivity contribution in [3.63, 3.8) is 0 Å². The lowest BCUT2D eigenvalue weighted by Gasteiger charge is -2.15. The van der Waals surface area contributed by atoms with Gasteiger partial charge >= 0.3 is 0 Å². The molecule has 0 aliphatic rings. The Morgan fingerprint density at radius 1 is 1.22 bits per heavy atom. The van der Waals surface area contributed by atoms with E-state index in [1.165, 1.54) is 16.0 Å². The third-order valence-corrected chi connectivity index (χ3v) is 4.19. The Labute approximate surface area is 113 Å². The number of hydrogen-bond acceptors (Lipinski definition) is 3. The molecular formula is C15H20N2S. The Morgan fingerprint density at radius 3 is 2.72 bits per heavy atom. The first-order chi connectivity index (χ1) is 8.79. The van der Waals surface area contributed by atoms with Crippen molar-refractivity contribution in [2.24, 2.45) is 5.84 Å². The maximum Gasteiger partial charge on any atom is 0.0261 e. The lowest BCUT2D eigenvalue weighted by atomic mass is 9.99. The Balaban J connectivity index is 1.89. The molecular weight excluding hydrogens is 240 g/mol. The Morgan fingerprint density at radius 2 is 2.06 bits per heavy atom. The molecule has 1 aromatic heterocycles. The molecule has 0 amide bonds. The van der Waals surface area contributed by atoms with Crippen LogP contribution in [0.15, 0.2) is 41.8 Å². The largest absolute Gasteiger partial charge is 0.271 e. The molecule has 0 spiro atoms. The van der Waals surface area contributed by atoms with E-state index in [1.807, 2.05) is 0 Å². The Kier molecular flexibility index (Phi) is 4.93. The van der Waals surface area contributed by atoms with Gasteiger partial charge in [-0.25, -0.2) is 0 Å². The number of aryl methyl sites for hydroxylation is 2. The van der Waals surface area contributed by atoms with Crippen molar-refractivity contribution >= 4 is 11.3 Å². The highest BCUT2D eigenvalue weighted by Gasteiger charge is 2.09. The van der Waals surface area contributed by atoms with Crippen molar-refractivity contribution in [3.05, 3.63) is 57.8 Å². The van der Waals surface area contributed by atoms with Crippen molar-refractivity contribution < 1.29 is 0 Å². The van der Waals surface area contributed by atoms with Crippen LogP contribution in [0.1, 0.15) is 22.4 Å². The smallest absolute Gasteiger partial charge is 0.0261 e. The van der Waals surface area contributed by atoms with E-state index in [-0.39, 0.29) is 0 Å². The van der Waals surface area contributed by atoms with Crippen molar-refractivity contribution in [2.75, 3.05) is 0 Å². The van der Waals surface area contributed by atoms with Gasteiger partial charge in [0, 0.05) is 10.9 Å². The second-order valence-electron chi connectivity index (χ2n) is 4.61. The molecule has 0 fully saturated rings. The van der Waals surface area contributed by atoms with Gasteiger partial charge in [0.05, 0.1) is 0 Å². The molecule has 2 aromatic rings. The predicted octanol–water partition coefficient (Wildman–Crippen LogP) is 3.06. The minimum absolute atomic E-state index is 0.350. The summed E-state index contributed by atoms with van der Waals surface area (Å²) in [6, 6.07) is 13.2. The van der Waals surface area contributed by atoms with Crippen LogP contribution in [0, 0.1) is 6.92 Å². The van der Waals surface area contributed by atoms with Crippen molar-refractivity contribution in [1.82, 2.24) is 5.43 Å². The monoisotopic (exact) mass is 260 g/mol. The highest BCUT2D eigenvalue weighted by atomic mass is 32.1. The van der Waals surface area contributed by atoms with Crippen LogP contribution in [-0.4, -0.2) is 6.04 Å². The van der Waals surface area contributed by atoms with E-state index in [0.717, 1.165) is 19.3 Å². The molecule has 1 aromatic carbocycles. The summed E-state index contributed by atoms with van der Waals surface area (Å²) in [6.45, 7) is 2.17. The fourth-order valence-electron chi connectivity index (χ4n) is 2.14. The topological polar surface area (TPSA) is 38.0 Å². The van der Waals surface area contributed by atoms with Crippen molar-refractivity contribution in [3.8, 4) is 0 Å². The van der Waals surface area contributed by atoms with Crippen LogP contribution in [0.25, 0.3) is 0 Å². The molecule has 0 saturated heterocycles. The second-order valence-corrected chi connectivity index (χ2v) is 5.64. The van der Waals surface area contributed by atoms with E-state index < -0.39 is 0 Å². The maximum atomic E-state index is 5.65. The molecule has 18 heavy (non-hydrogen) atoms. The summed E-state index contributed by atoms with van der Waals surface area (Å²) in [5.74, 6) is 5.65. The highest BCUT2D eigenvalue weighted by molar-refractivity contribution is 7.09. The average molecular weight is 260 g/mol. The third kappa shape index (κ3) is 3.67. The van der Waals surface area contributed by atoms with E-state index in [4.69, 9.17) is 5.84 Å². The standard InChI is InChI=1S/C15H20N2S/c1-12-5-2-3-6-13(12)8-9-14(17-16)11-15-7-4-10-18-15/h2-7,10,14,17H,8-9,11,16H2,1H3. The van der Waals surface area contributed by atoms with Gasteiger partial charge in [-0.05, 0) is 48.8 Å². The first-order valence-corrected chi connectivity index (χ1v) is 7.20. The minimum atomic E-state index is 0.350. The molecule has 0 aliphatic heterocycles. The van der Waals surface area contributed by atoms with Gasteiger partial charge in [-0.3, -0.25) is 11.3 Å². The SMILES string of the molecule is Cc1ccccc1CCC(Cc1cccs1)NN. The zero-order chi connectivity index (χ0) is 12.8. The number of hydrogen-bond donors (Lipinski definition) is 2. The average Bonchev–Trinajstić information content (AvgIpc) is 2.89. The van der Waals surface area contributed by atoms with Gasteiger partial charge in [0.25, 0.3) is 0 Å². The molecule has 3 N–H and O–H groups in total. The molecule has 1 atom stereocenters. The summed E-state index contributed by atoms with van der Waals surface area (Å²) in [5.41, 5.74) is 5.72. The summed E-state index contributed by atoms with van der Waals surface area (Å²) in [7, 11) is 0. The molecule has 2 rings (SSSR count). The molecule has 96 valence electrons. The van der Waals surface area contributed by atoms with E-state index in [0.29, 0.717) is 6.04 Å².